The molecule has 0 saturated heterocycles. The molecule has 0 radical (unpaired) electrons. The molecule has 1 aromatic rings. The molecule has 1 aromatic carbocycles. The molecule has 0 aliphatic rings. The molecule has 0 spiro atoms. The molecule has 0 unspecified atom stereocenters. The van der Waals surface area contributed by atoms with Crippen molar-refractivity contribution in [3.05, 3.63) is 34.4 Å². The molecule has 1 rings (SSSR count). The molecule has 0 heteroatoms. The van der Waals surface area contributed by atoms with E-state index in [1.165, 1.54) is 54.4 Å². The minimum absolute atomic E-state index is 1.24. The second-order valence-electron chi connectivity index (χ2n) is 4.97. The molecule has 0 bridgehead atoms. The fraction of sp³-hybridized carbons (Fsp3) is 0.684. The van der Waals surface area contributed by atoms with Gasteiger partial charge in [0, 0.05) is 0 Å². The van der Waals surface area contributed by atoms with Crippen molar-refractivity contribution < 1.29 is 0 Å². The lowest BCUT2D eigenvalue weighted by Crippen LogP contribution is -1.93. The summed E-state index contributed by atoms with van der Waals surface area (Å²) in [6, 6.07) is 4.65. The van der Waals surface area contributed by atoms with E-state index in [9.17, 15) is 0 Å². The number of unbranched alkanes of at least 4 members (excludes halogenated alkanes) is 2. The number of hydrogen-bond acceptors (Lipinski definition) is 0. The van der Waals surface area contributed by atoms with Crippen LogP contribution in [0.3, 0.4) is 0 Å². The van der Waals surface area contributed by atoms with Crippen LogP contribution in [0.25, 0.3) is 0 Å². The molecular formula is C19H36. The standard InChI is InChI=1S/C13H20.C4H10.C2H6/c1-5-6-7-13-9-11(3)10(2)8-12(13)4;1-3-4-2;1-2/h8-9H,5-7H2,1-4H3;3-4H2,1-2H3;1-2H3. The Balaban J connectivity index is 0. The Labute approximate surface area is 122 Å². The van der Waals surface area contributed by atoms with Gasteiger partial charge in [0.05, 0.1) is 0 Å². The summed E-state index contributed by atoms with van der Waals surface area (Å²) in [7, 11) is 0. The summed E-state index contributed by atoms with van der Waals surface area (Å²) in [5, 5.41) is 0. The highest BCUT2D eigenvalue weighted by atomic mass is 14.1. The lowest BCUT2D eigenvalue weighted by atomic mass is 9.97. The molecule has 0 amide bonds. The highest BCUT2D eigenvalue weighted by molar-refractivity contribution is 5.36. The van der Waals surface area contributed by atoms with Crippen LogP contribution in [-0.4, -0.2) is 0 Å². The van der Waals surface area contributed by atoms with Crippen molar-refractivity contribution in [3.8, 4) is 0 Å². The summed E-state index contributed by atoms with van der Waals surface area (Å²) in [5.74, 6) is 0. The van der Waals surface area contributed by atoms with E-state index in [1.807, 2.05) is 13.8 Å². The van der Waals surface area contributed by atoms with Gasteiger partial charge in [0.1, 0.15) is 0 Å². The summed E-state index contributed by atoms with van der Waals surface area (Å²) >= 11 is 0. The first-order valence-corrected chi connectivity index (χ1v) is 8.13. The van der Waals surface area contributed by atoms with Crippen molar-refractivity contribution in [3.63, 3.8) is 0 Å². The van der Waals surface area contributed by atoms with Gasteiger partial charge in [-0.1, -0.05) is 66.0 Å². The third-order valence-electron chi connectivity index (χ3n) is 3.25. The van der Waals surface area contributed by atoms with E-state index >= 15 is 0 Å². The van der Waals surface area contributed by atoms with Crippen LogP contribution in [0.1, 0.15) is 82.6 Å². The first-order chi connectivity index (χ1) is 9.06. The molecule has 0 atom stereocenters. The summed E-state index contributed by atoms with van der Waals surface area (Å²) in [5.41, 5.74) is 5.83. The van der Waals surface area contributed by atoms with Crippen LogP contribution in [0.5, 0.6) is 0 Å². The highest BCUT2D eigenvalue weighted by Gasteiger charge is 2.00. The van der Waals surface area contributed by atoms with Crippen LogP contribution >= 0.6 is 0 Å². The maximum atomic E-state index is 2.35. The molecule has 112 valence electrons. The van der Waals surface area contributed by atoms with Gasteiger partial charge in [0.25, 0.3) is 0 Å². The Bertz CT molecular complexity index is 308. The van der Waals surface area contributed by atoms with Gasteiger partial charge in [0.15, 0.2) is 0 Å². The fourth-order valence-electron chi connectivity index (χ4n) is 1.66. The molecule has 0 aromatic heterocycles. The normalized spacial score (nSPS) is 9.05. The molecule has 0 nitrogen and oxygen atoms in total. The van der Waals surface area contributed by atoms with Crippen molar-refractivity contribution >= 4 is 0 Å². The van der Waals surface area contributed by atoms with Crippen molar-refractivity contribution in [2.75, 3.05) is 0 Å². The summed E-state index contributed by atoms with van der Waals surface area (Å²) in [6.07, 6.45) is 6.47. The smallest absolute Gasteiger partial charge is 0.0276 e. The molecule has 0 saturated carbocycles. The van der Waals surface area contributed by atoms with E-state index in [0.29, 0.717) is 0 Å². The van der Waals surface area contributed by atoms with Gasteiger partial charge in [-0.3, -0.25) is 0 Å². The number of aryl methyl sites for hydroxylation is 4. The van der Waals surface area contributed by atoms with Gasteiger partial charge in [-0.25, -0.2) is 0 Å². The predicted molar refractivity (Wildman–Crippen MR) is 91.2 cm³/mol. The second-order valence-corrected chi connectivity index (χ2v) is 4.97. The van der Waals surface area contributed by atoms with E-state index < -0.39 is 0 Å². The van der Waals surface area contributed by atoms with Crippen molar-refractivity contribution in [1.29, 1.82) is 0 Å². The van der Waals surface area contributed by atoms with Gasteiger partial charge in [-0.05, 0) is 55.9 Å². The van der Waals surface area contributed by atoms with Gasteiger partial charge in [-0.2, -0.15) is 0 Å². The minimum atomic E-state index is 1.24. The zero-order chi connectivity index (χ0) is 15.3. The predicted octanol–water partition coefficient (Wildman–Crippen LogP) is 6.79. The maximum absolute atomic E-state index is 2.35. The molecule has 0 heterocycles. The zero-order valence-corrected chi connectivity index (χ0v) is 14.7. The average molecular weight is 264 g/mol. The SMILES string of the molecule is CC.CCCC.CCCCc1cc(C)c(C)cc1C. The van der Waals surface area contributed by atoms with Crippen molar-refractivity contribution in [1.82, 2.24) is 0 Å². The van der Waals surface area contributed by atoms with Crippen LogP contribution in [0.2, 0.25) is 0 Å². The molecule has 0 fully saturated rings. The van der Waals surface area contributed by atoms with Crippen LogP contribution in [0.15, 0.2) is 12.1 Å². The molecule has 19 heavy (non-hydrogen) atoms. The largest absolute Gasteiger partial charge is 0.0683 e. The molecular weight excluding hydrogens is 228 g/mol. The lowest BCUT2D eigenvalue weighted by molar-refractivity contribution is 0.790. The van der Waals surface area contributed by atoms with Gasteiger partial charge < -0.3 is 0 Å². The van der Waals surface area contributed by atoms with E-state index in [4.69, 9.17) is 0 Å². The Hall–Kier alpha value is -0.780. The lowest BCUT2D eigenvalue weighted by Gasteiger charge is -2.08. The summed E-state index contributed by atoms with van der Waals surface area (Å²) in [6.45, 7) is 17.2. The first kappa shape index (κ1) is 20.5. The summed E-state index contributed by atoms with van der Waals surface area (Å²) in [4.78, 5) is 0. The quantitative estimate of drug-likeness (QED) is 0.562. The van der Waals surface area contributed by atoms with Crippen LogP contribution in [0.4, 0.5) is 0 Å². The van der Waals surface area contributed by atoms with Crippen LogP contribution in [0, 0.1) is 20.8 Å². The van der Waals surface area contributed by atoms with Gasteiger partial charge >= 0.3 is 0 Å². The maximum Gasteiger partial charge on any atom is -0.0276 e. The van der Waals surface area contributed by atoms with E-state index in [-0.39, 0.29) is 0 Å². The van der Waals surface area contributed by atoms with E-state index in [2.05, 4.69) is 53.7 Å². The molecule has 0 aliphatic heterocycles. The van der Waals surface area contributed by atoms with Crippen molar-refractivity contribution in [2.24, 2.45) is 0 Å². The Kier molecular flexibility index (Phi) is 14.8. The van der Waals surface area contributed by atoms with Crippen LogP contribution < -0.4 is 0 Å². The summed E-state index contributed by atoms with van der Waals surface area (Å²) < 4.78 is 0. The topological polar surface area (TPSA) is 0 Å². The minimum Gasteiger partial charge on any atom is -0.0683 e. The monoisotopic (exact) mass is 264 g/mol. The number of benzene rings is 1. The first-order valence-electron chi connectivity index (χ1n) is 8.13. The van der Waals surface area contributed by atoms with Crippen LogP contribution in [-0.2, 0) is 6.42 Å². The average Bonchev–Trinajstić information content (AvgIpc) is 2.44. The van der Waals surface area contributed by atoms with Crippen molar-refractivity contribution in [2.45, 2.75) is 87.5 Å². The van der Waals surface area contributed by atoms with E-state index in [0.717, 1.165) is 0 Å². The molecule has 0 aliphatic carbocycles. The second kappa shape index (κ2) is 13.6. The van der Waals surface area contributed by atoms with E-state index in [1.54, 1.807) is 0 Å². The third kappa shape index (κ3) is 9.76. The Morgan fingerprint density at radius 1 is 0.684 bits per heavy atom. The third-order valence-corrected chi connectivity index (χ3v) is 3.25. The highest BCUT2D eigenvalue weighted by Crippen LogP contribution is 2.17. The molecule has 0 N–H and O–H groups in total. The Morgan fingerprint density at radius 3 is 1.58 bits per heavy atom. The van der Waals surface area contributed by atoms with Gasteiger partial charge in [0.2, 0.25) is 0 Å². The Morgan fingerprint density at radius 2 is 1.16 bits per heavy atom. The fourth-order valence-corrected chi connectivity index (χ4v) is 1.66. The zero-order valence-electron chi connectivity index (χ0n) is 14.7. The number of rotatable bonds is 4. The number of hydrogen-bond donors (Lipinski definition) is 0. The van der Waals surface area contributed by atoms with Gasteiger partial charge in [-0.15, -0.1) is 0 Å².